The van der Waals surface area contributed by atoms with Gasteiger partial charge in [-0.25, -0.2) is 4.98 Å². The lowest BCUT2D eigenvalue weighted by molar-refractivity contribution is -0.384. The number of nitrogens with zero attached hydrogens (tertiary/aromatic N) is 2. The predicted octanol–water partition coefficient (Wildman–Crippen LogP) is 1.08. The number of hydrogen-bond donors (Lipinski definition) is 3. The summed E-state index contributed by atoms with van der Waals surface area (Å²) in [6, 6.07) is 2.66. The monoisotopic (exact) mass is 301 g/mol. The molecule has 2 aromatic heterocycles. The molecule has 9 heteroatoms. The second kappa shape index (κ2) is 4.95. The minimum Gasteiger partial charge on any atom is -0.342 e. The lowest BCUT2D eigenvalue weighted by Gasteiger charge is -2.03. The average Bonchev–Trinajstić information content (AvgIpc) is 2.96. The zero-order valence-electron chi connectivity index (χ0n) is 11.5. The average molecular weight is 301 g/mol. The van der Waals surface area contributed by atoms with Crippen molar-refractivity contribution in [1.29, 1.82) is 0 Å². The Morgan fingerprint density at radius 2 is 1.77 bits per heavy atom. The van der Waals surface area contributed by atoms with Crippen molar-refractivity contribution in [2.45, 2.75) is 13.3 Å². The van der Waals surface area contributed by atoms with Crippen molar-refractivity contribution in [2.75, 3.05) is 0 Å². The van der Waals surface area contributed by atoms with E-state index >= 15 is 0 Å². The highest BCUT2D eigenvalue weighted by Gasteiger charge is 2.19. The first-order chi connectivity index (χ1) is 10.5. The molecule has 1 aromatic carbocycles. The molecule has 0 radical (unpaired) electrons. The minimum atomic E-state index is -0.857. The maximum absolute atomic E-state index is 11.4. The fraction of sp³-hybridized carbons (Fsp3) is 0.154. The van der Waals surface area contributed by atoms with Crippen LogP contribution in [0.1, 0.15) is 12.7 Å². The number of hydrogen-bond acceptors (Lipinski definition) is 5. The second-order valence-corrected chi connectivity index (χ2v) is 4.68. The van der Waals surface area contributed by atoms with E-state index in [-0.39, 0.29) is 16.8 Å². The zero-order valence-corrected chi connectivity index (χ0v) is 11.5. The molecule has 112 valence electrons. The van der Waals surface area contributed by atoms with Crippen molar-refractivity contribution in [2.24, 2.45) is 0 Å². The highest BCUT2D eigenvalue weighted by molar-refractivity contribution is 5.86. The van der Waals surface area contributed by atoms with Crippen LogP contribution in [0.4, 0.5) is 5.69 Å². The number of nitro benzene ring substituents is 1. The highest BCUT2D eigenvalue weighted by Crippen LogP contribution is 2.31. The Bertz CT molecular complexity index is 998. The number of nitrogens with one attached hydrogen (secondary N) is 3. The molecule has 3 aromatic rings. The highest BCUT2D eigenvalue weighted by atomic mass is 16.6. The van der Waals surface area contributed by atoms with Crippen LogP contribution in [-0.4, -0.2) is 24.9 Å². The molecule has 0 aliphatic rings. The molecule has 9 nitrogen and oxygen atoms in total. The van der Waals surface area contributed by atoms with Gasteiger partial charge in [0.15, 0.2) is 0 Å². The first-order valence-electron chi connectivity index (χ1n) is 6.48. The first-order valence-corrected chi connectivity index (χ1v) is 6.48. The third-order valence-electron chi connectivity index (χ3n) is 3.29. The fourth-order valence-electron chi connectivity index (χ4n) is 2.20. The Kier molecular flexibility index (Phi) is 3.09. The van der Waals surface area contributed by atoms with Crippen LogP contribution in [0.25, 0.3) is 22.3 Å². The van der Waals surface area contributed by atoms with E-state index in [4.69, 9.17) is 0 Å². The standard InChI is InChI=1S/C13H11N5O4/c1-2-11-14-5-9(15-11)6-3-7-8(4-10(6)18(21)22)17-13(20)12(19)16-7/h3-5H,2H2,1H3,(H,14,15)(H,16,19)(H,17,20). The summed E-state index contributed by atoms with van der Waals surface area (Å²) in [6.45, 7) is 1.90. The van der Waals surface area contributed by atoms with Gasteiger partial charge in [-0.3, -0.25) is 19.7 Å². The summed E-state index contributed by atoms with van der Waals surface area (Å²) in [6.07, 6.45) is 2.16. The normalized spacial score (nSPS) is 11.0. The van der Waals surface area contributed by atoms with Gasteiger partial charge in [-0.2, -0.15) is 0 Å². The Balaban J connectivity index is 2.33. The van der Waals surface area contributed by atoms with Crippen molar-refractivity contribution in [3.63, 3.8) is 0 Å². The number of fused-ring (bicyclic) bond motifs is 1. The van der Waals surface area contributed by atoms with Crippen molar-refractivity contribution >= 4 is 16.7 Å². The van der Waals surface area contributed by atoms with Crippen LogP contribution in [0, 0.1) is 10.1 Å². The maximum atomic E-state index is 11.4. The van der Waals surface area contributed by atoms with Crippen LogP contribution in [0.15, 0.2) is 27.9 Å². The topological polar surface area (TPSA) is 138 Å². The molecule has 0 aliphatic carbocycles. The summed E-state index contributed by atoms with van der Waals surface area (Å²) >= 11 is 0. The van der Waals surface area contributed by atoms with Crippen LogP contribution < -0.4 is 11.1 Å². The number of aryl methyl sites for hydroxylation is 1. The summed E-state index contributed by atoms with van der Waals surface area (Å²) in [7, 11) is 0. The third-order valence-corrected chi connectivity index (χ3v) is 3.29. The Hall–Kier alpha value is -3.23. The number of rotatable bonds is 3. The van der Waals surface area contributed by atoms with E-state index in [9.17, 15) is 19.7 Å². The molecule has 0 bridgehead atoms. The smallest absolute Gasteiger partial charge is 0.314 e. The first kappa shape index (κ1) is 13.7. The largest absolute Gasteiger partial charge is 0.342 e. The predicted molar refractivity (Wildman–Crippen MR) is 78.8 cm³/mol. The second-order valence-electron chi connectivity index (χ2n) is 4.68. The molecule has 0 amide bonds. The van der Waals surface area contributed by atoms with Gasteiger partial charge in [-0.05, 0) is 6.07 Å². The Morgan fingerprint density at radius 1 is 1.14 bits per heavy atom. The number of nitro groups is 1. The van der Waals surface area contributed by atoms with Gasteiger partial charge in [0.05, 0.1) is 33.4 Å². The molecule has 3 N–H and O–H groups in total. The molecule has 3 rings (SSSR count). The minimum absolute atomic E-state index is 0.190. The van der Waals surface area contributed by atoms with Gasteiger partial charge in [0, 0.05) is 12.5 Å². The van der Waals surface area contributed by atoms with E-state index in [1.165, 1.54) is 18.3 Å². The Labute approximate surface area is 122 Å². The summed E-state index contributed by atoms with van der Waals surface area (Å²) in [5.41, 5.74) is -0.616. The molecular weight excluding hydrogens is 290 g/mol. The summed E-state index contributed by atoms with van der Waals surface area (Å²) in [5.74, 6) is 0.694. The van der Waals surface area contributed by atoms with Gasteiger partial charge in [-0.1, -0.05) is 6.92 Å². The number of aromatic amines is 3. The van der Waals surface area contributed by atoms with E-state index in [1.807, 2.05) is 6.92 Å². The van der Waals surface area contributed by atoms with Gasteiger partial charge in [0.1, 0.15) is 5.82 Å². The van der Waals surface area contributed by atoms with Crippen molar-refractivity contribution in [3.05, 3.63) is 55.0 Å². The molecule has 0 spiro atoms. The van der Waals surface area contributed by atoms with Crippen LogP contribution >= 0.6 is 0 Å². The van der Waals surface area contributed by atoms with Gasteiger partial charge in [-0.15, -0.1) is 0 Å². The molecule has 0 aliphatic heterocycles. The third kappa shape index (κ3) is 2.18. The van der Waals surface area contributed by atoms with Gasteiger partial charge < -0.3 is 15.0 Å². The lowest BCUT2D eigenvalue weighted by Crippen LogP contribution is -2.28. The van der Waals surface area contributed by atoms with Crippen molar-refractivity contribution < 1.29 is 4.92 Å². The van der Waals surface area contributed by atoms with E-state index in [2.05, 4.69) is 19.9 Å². The molecular formula is C13H11N5O4. The molecule has 2 heterocycles. The molecule has 0 saturated heterocycles. The quantitative estimate of drug-likeness (QED) is 0.377. The lowest BCUT2D eigenvalue weighted by atomic mass is 10.1. The molecule has 0 unspecified atom stereocenters. The van der Waals surface area contributed by atoms with Gasteiger partial charge in [0.25, 0.3) is 5.69 Å². The molecule has 0 fully saturated rings. The number of imidazole rings is 1. The van der Waals surface area contributed by atoms with E-state index in [1.54, 1.807) is 0 Å². The molecule has 22 heavy (non-hydrogen) atoms. The van der Waals surface area contributed by atoms with Crippen LogP contribution in [0.2, 0.25) is 0 Å². The number of aromatic nitrogens is 4. The number of benzene rings is 1. The molecule has 0 atom stereocenters. The summed E-state index contributed by atoms with van der Waals surface area (Å²) in [4.78, 5) is 45.3. The summed E-state index contributed by atoms with van der Waals surface area (Å²) < 4.78 is 0. The summed E-state index contributed by atoms with van der Waals surface area (Å²) in [5, 5.41) is 11.3. The fourth-order valence-corrected chi connectivity index (χ4v) is 2.20. The Morgan fingerprint density at radius 3 is 2.32 bits per heavy atom. The van der Waals surface area contributed by atoms with Crippen LogP contribution in [0.3, 0.4) is 0 Å². The van der Waals surface area contributed by atoms with Crippen molar-refractivity contribution in [3.8, 4) is 11.3 Å². The van der Waals surface area contributed by atoms with E-state index in [0.29, 0.717) is 23.5 Å². The van der Waals surface area contributed by atoms with Gasteiger partial charge in [0.2, 0.25) is 0 Å². The van der Waals surface area contributed by atoms with Gasteiger partial charge >= 0.3 is 11.1 Å². The van der Waals surface area contributed by atoms with Crippen LogP contribution in [-0.2, 0) is 6.42 Å². The maximum Gasteiger partial charge on any atom is 0.314 e. The van der Waals surface area contributed by atoms with E-state index < -0.39 is 16.0 Å². The van der Waals surface area contributed by atoms with E-state index in [0.717, 1.165) is 0 Å². The van der Waals surface area contributed by atoms with Crippen molar-refractivity contribution in [1.82, 2.24) is 19.9 Å². The van der Waals surface area contributed by atoms with Crippen LogP contribution in [0.5, 0.6) is 0 Å². The SMILES string of the molecule is CCc1ncc(-c2cc3[nH]c(=O)c(=O)[nH]c3cc2[N+](=O)[O-])[nH]1. The molecule has 0 saturated carbocycles. The number of H-pyrrole nitrogens is 3. The zero-order chi connectivity index (χ0) is 15.9.